The summed E-state index contributed by atoms with van der Waals surface area (Å²) >= 11 is 0. The summed E-state index contributed by atoms with van der Waals surface area (Å²) in [6, 6.07) is 4.40. The van der Waals surface area contributed by atoms with E-state index in [4.69, 9.17) is 15.2 Å². The molecule has 0 atom stereocenters. The van der Waals surface area contributed by atoms with Gasteiger partial charge >= 0.3 is 0 Å². The van der Waals surface area contributed by atoms with Gasteiger partial charge in [0.05, 0.1) is 12.3 Å². The summed E-state index contributed by atoms with van der Waals surface area (Å²) in [5, 5.41) is 0. The molecule has 2 rings (SSSR count). The van der Waals surface area contributed by atoms with Gasteiger partial charge in [0.25, 0.3) is 0 Å². The maximum atomic E-state index is 5.96. The minimum absolute atomic E-state index is 0.309. The number of nitrogens with zero attached hydrogens (tertiary/aromatic N) is 2. The first kappa shape index (κ1) is 14.9. The van der Waals surface area contributed by atoms with Crippen LogP contribution >= 0.6 is 0 Å². The molecule has 0 bridgehead atoms. The van der Waals surface area contributed by atoms with Crippen LogP contribution in [-0.2, 0) is 4.74 Å². The smallest absolute Gasteiger partial charge is 0.239 e. The van der Waals surface area contributed by atoms with E-state index < -0.39 is 0 Å². The molecule has 1 saturated carbocycles. The molecule has 2 N–H and O–H groups in total. The van der Waals surface area contributed by atoms with Crippen molar-refractivity contribution in [2.75, 3.05) is 30.9 Å². The molecule has 0 radical (unpaired) electrons. The fourth-order valence-corrected chi connectivity index (χ4v) is 2.03. The number of rotatable bonds is 6. The highest BCUT2D eigenvalue weighted by atomic mass is 16.5. The predicted octanol–water partition coefficient (Wildman–Crippen LogP) is 2.46. The molecule has 0 aromatic carbocycles. The van der Waals surface area contributed by atoms with Crippen molar-refractivity contribution < 1.29 is 9.47 Å². The predicted molar refractivity (Wildman–Crippen MR) is 81.3 cm³/mol. The molecule has 20 heavy (non-hydrogen) atoms. The number of anilines is 2. The van der Waals surface area contributed by atoms with Crippen LogP contribution in [0, 0.1) is 0 Å². The topological polar surface area (TPSA) is 60.6 Å². The highest BCUT2D eigenvalue weighted by Gasteiger charge is 2.30. The van der Waals surface area contributed by atoms with Crippen LogP contribution in [0.5, 0.6) is 5.88 Å². The van der Waals surface area contributed by atoms with Gasteiger partial charge in [0, 0.05) is 19.7 Å². The van der Waals surface area contributed by atoms with Crippen LogP contribution in [0.15, 0.2) is 12.1 Å². The number of hydrogen-bond acceptors (Lipinski definition) is 5. The van der Waals surface area contributed by atoms with Gasteiger partial charge in [-0.05, 0) is 45.7 Å². The van der Waals surface area contributed by atoms with Gasteiger partial charge in [-0.3, -0.25) is 0 Å². The van der Waals surface area contributed by atoms with E-state index >= 15 is 0 Å². The minimum Gasteiger partial charge on any atom is -0.470 e. The molecular weight excluding hydrogens is 254 g/mol. The fraction of sp³-hybridized carbons (Fsp3) is 0.667. The Labute approximate surface area is 121 Å². The van der Waals surface area contributed by atoms with Crippen molar-refractivity contribution in [3.8, 4) is 5.88 Å². The lowest BCUT2D eigenvalue weighted by atomic mass is 10.2. The first-order valence-corrected chi connectivity index (χ1v) is 7.12. The maximum Gasteiger partial charge on any atom is 0.239 e. The van der Waals surface area contributed by atoms with Crippen LogP contribution in [0.4, 0.5) is 11.5 Å². The second-order valence-electron chi connectivity index (χ2n) is 6.20. The Hall–Kier alpha value is -1.49. The van der Waals surface area contributed by atoms with Crippen LogP contribution in [-0.4, -0.2) is 36.9 Å². The molecule has 112 valence electrons. The third-order valence-electron chi connectivity index (χ3n) is 3.10. The lowest BCUT2D eigenvalue weighted by Gasteiger charge is -2.26. The first-order chi connectivity index (χ1) is 9.40. The van der Waals surface area contributed by atoms with Crippen molar-refractivity contribution in [1.82, 2.24) is 4.98 Å². The van der Waals surface area contributed by atoms with E-state index in [2.05, 4.69) is 9.88 Å². The molecule has 1 heterocycles. The summed E-state index contributed by atoms with van der Waals surface area (Å²) < 4.78 is 11.0. The zero-order valence-corrected chi connectivity index (χ0v) is 12.8. The number of nitrogens with two attached hydrogens (primary N) is 1. The third-order valence-corrected chi connectivity index (χ3v) is 3.10. The van der Waals surface area contributed by atoms with Gasteiger partial charge in [-0.2, -0.15) is 4.98 Å². The molecule has 5 nitrogen and oxygen atoms in total. The molecule has 1 aromatic rings. The molecule has 0 unspecified atom stereocenters. The van der Waals surface area contributed by atoms with Crippen LogP contribution in [0.2, 0.25) is 0 Å². The number of methoxy groups -OCH3 is 1. The van der Waals surface area contributed by atoms with Crippen molar-refractivity contribution in [3.05, 3.63) is 12.1 Å². The van der Waals surface area contributed by atoms with Crippen LogP contribution in [0.3, 0.4) is 0 Å². The van der Waals surface area contributed by atoms with E-state index in [1.165, 1.54) is 12.8 Å². The van der Waals surface area contributed by atoms with Crippen molar-refractivity contribution in [2.24, 2.45) is 0 Å². The van der Waals surface area contributed by atoms with E-state index in [0.29, 0.717) is 24.2 Å². The van der Waals surface area contributed by atoms with Crippen LogP contribution in [0.25, 0.3) is 0 Å². The molecule has 1 aromatic heterocycles. The highest BCUT2D eigenvalue weighted by molar-refractivity contribution is 5.55. The highest BCUT2D eigenvalue weighted by Crippen LogP contribution is 2.33. The fourth-order valence-electron chi connectivity index (χ4n) is 2.03. The molecular formula is C15H25N3O2. The largest absolute Gasteiger partial charge is 0.470 e. The molecule has 0 amide bonds. The van der Waals surface area contributed by atoms with Gasteiger partial charge in [-0.1, -0.05) is 0 Å². The monoisotopic (exact) mass is 279 g/mol. The molecule has 1 fully saturated rings. The number of pyridine rings is 1. The SMILES string of the molecule is COCCN(c1ccc(N)c(OC(C)(C)C)n1)C1CC1. The molecule has 0 aliphatic heterocycles. The Morgan fingerprint density at radius 1 is 1.35 bits per heavy atom. The van der Waals surface area contributed by atoms with E-state index in [-0.39, 0.29) is 5.60 Å². The summed E-state index contributed by atoms with van der Waals surface area (Å²) in [6.07, 6.45) is 2.43. The molecule has 0 saturated heterocycles. The van der Waals surface area contributed by atoms with Crippen LogP contribution < -0.4 is 15.4 Å². The molecule has 5 heteroatoms. The summed E-state index contributed by atoms with van der Waals surface area (Å²) in [5.74, 6) is 1.43. The van der Waals surface area contributed by atoms with Crippen molar-refractivity contribution in [3.63, 3.8) is 0 Å². The Balaban J connectivity index is 2.19. The lowest BCUT2D eigenvalue weighted by molar-refractivity contribution is 0.125. The second kappa shape index (κ2) is 5.87. The Kier molecular flexibility index (Phi) is 4.38. The minimum atomic E-state index is -0.309. The number of ether oxygens (including phenoxy) is 2. The quantitative estimate of drug-likeness (QED) is 0.866. The second-order valence-corrected chi connectivity index (χ2v) is 6.20. The van der Waals surface area contributed by atoms with E-state index in [1.54, 1.807) is 7.11 Å². The first-order valence-electron chi connectivity index (χ1n) is 7.12. The van der Waals surface area contributed by atoms with Gasteiger partial charge in [0.2, 0.25) is 5.88 Å². The zero-order valence-electron chi connectivity index (χ0n) is 12.8. The normalized spacial score (nSPS) is 15.2. The number of hydrogen-bond donors (Lipinski definition) is 1. The van der Waals surface area contributed by atoms with Crippen molar-refractivity contribution in [2.45, 2.75) is 45.3 Å². The molecule has 0 spiro atoms. The summed E-state index contributed by atoms with van der Waals surface area (Å²) in [7, 11) is 1.72. The standard InChI is InChI=1S/C15H25N3O2/c1-15(2,3)20-14-12(16)7-8-13(17-14)18(9-10-19-4)11-5-6-11/h7-8,11H,5-6,9-10,16H2,1-4H3. The van der Waals surface area contributed by atoms with Gasteiger partial charge in [-0.25, -0.2) is 0 Å². The Morgan fingerprint density at radius 2 is 2.05 bits per heavy atom. The lowest BCUT2D eigenvalue weighted by Crippen LogP contribution is -2.31. The van der Waals surface area contributed by atoms with Crippen molar-refractivity contribution >= 4 is 11.5 Å². The molecule has 1 aliphatic rings. The summed E-state index contributed by atoms with van der Waals surface area (Å²) in [5.41, 5.74) is 6.22. The maximum absolute atomic E-state index is 5.96. The number of aromatic nitrogens is 1. The summed E-state index contributed by atoms with van der Waals surface area (Å²) in [6.45, 7) is 7.50. The Morgan fingerprint density at radius 3 is 2.60 bits per heavy atom. The van der Waals surface area contributed by atoms with E-state index in [0.717, 1.165) is 12.4 Å². The zero-order chi connectivity index (χ0) is 14.8. The van der Waals surface area contributed by atoms with Gasteiger partial charge in [-0.15, -0.1) is 0 Å². The summed E-state index contributed by atoms with van der Waals surface area (Å²) in [4.78, 5) is 6.87. The van der Waals surface area contributed by atoms with Gasteiger partial charge in [0.1, 0.15) is 11.4 Å². The third kappa shape index (κ3) is 4.00. The van der Waals surface area contributed by atoms with Crippen LogP contribution in [0.1, 0.15) is 33.6 Å². The van der Waals surface area contributed by atoms with Gasteiger partial charge in [0.15, 0.2) is 0 Å². The number of nitrogen functional groups attached to an aromatic ring is 1. The molecule has 1 aliphatic carbocycles. The van der Waals surface area contributed by atoms with E-state index in [9.17, 15) is 0 Å². The Bertz CT molecular complexity index is 453. The average molecular weight is 279 g/mol. The van der Waals surface area contributed by atoms with E-state index in [1.807, 2.05) is 32.9 Å². The van der Waals surface area contributed by atoms with Crippen molar-refractivity contribution in [1.29, 1.82) is 0 Å². The van der Waals surface area contributed by atoms with Gasteiger partial charge < -0.3 is 20.1 Å². The average Bonchev–Trinajstić information content (AvgIpc) is 3.16.